The first-order chi connectivity index (χ1) is 9.02. The summed E-state index contributed by atoms with van der Waals surface area (Å²) in [4.78, 5) is 2.18. The maximum Gasteiger partial charge on any atom is 0.164 e. The van der Waals surface area contributed by atoms with Crippen LogP contribution < -0.4 is 5.32 Å². The second-order valence-corrected chi connectivity index (χ2v) is 10.3. The van der Waals surface area contributed by atoms with Crippen molar-refractivity contribution in [1.29, 1.82) is 0 Å². The van der Waals surface area contributed by atoms with Gasteiger partial charge in [0.15, 0.2) is 9.84 Å². The third-order valence-electron chi connectivity index (χ3n) is 3.92. The SMILES string of the molecule is CC(CNC(C)(C)C)C(C)N1CCSCC1S(C)(=O)=O. The van der Waals surface area contributed by atoms with Crippen molar-refractivity contribution in [2.24, 2.45) is 5.92 Å². The van der Waals surface area contributed by atoms with Crippen molar-refractivity contribution >= 4 is 21.6 Å². The highest BCUT2D eigenvalue weighted by atomic mass is 32.2. The number of rotatable bonds is 5. The van der Waals surface area contributed by atoms with Crippen LogP contribution in [-0.4, -0.2) is 61.1 Å². The molecule has 1 aliphatic heterocycles. The fourth-order valence-electron chi connectivity index (χ4n) is 2.39. The van der Waals surface area contributed by atoms with Crippen molar-refractivity contribution in [3.63, 3.8) is 0 Å². The Bertz CT molecular complexity index is 404. The van der Waals surface area contributed by atoms with E-state index in [1.54, 1.807) is 11.8 Å². The fourth-order valence-corrected chi connectivity index (χ4v) is 5.36. The molecule has 0 bridgehead atoms. The highest BCUT2D eigenvalue weighted by Gasteiger charge is 2.35. The molecule has 0 aliphatic carbocycles. The molecule has 0 spiro atoms. The van der Waals surface area contributed by atoms with Crippen molar-refractivity contribution in [3.05, 3.63) is 0 Å². The number of thioether (sulfide) groups is 1. The van der Waals surface area contributed by atoms with Crippen molar-refractivity contribution < 1.29 is 8.42 Å². The topological polar surface area (TPSA) is 49.4 Å². The summed E-state index contributed by atoms with van der Waals surface area (Å²) in [6.45, 7) is 12.6. The zero-order chi connectivity index (χ0) is 15.6. The smallest absolute Gasteiger partial charge is 0.164 e. The van der Waals surface area contributed by atoms with Crippen LogP contribution in [0.1, 0.15) is 34.6 Å². The number of sulfone groups is 1. The molecule has 120 valence electrons. The Hall–Kier alpha value is 0.220. The first-order valence-electron chi connectivity index (χ1n) is 7.30. The Morgan fingerprint density at radius 3 is 2.45 bits per heavy atom. The molecule has 1 N–H and O–H groups in total. The molecule has 0 aromatic carbocycles. The van der Waals surface area contributed by atoms with Crippen LogP contribution in [0.25, 0.3) is 0 Å². The molecule has 0 saturated carbocycles. The second kappa shape index (κ2) is 6.99. The summed E-state index contributed by atoms with van der Waals surface area (Å²) < 4.78 is 23.9. The minimum atomic E-state index is -3.01. The average Bonchev–Trinajstić information content (AvgIpc) is 2.33. The molecule has 0 aromatic rings. The van der Waals surface area contributed by atoms with E-state index < -0.39 is 9.84 Å². The Morgan fingerprint density at radius 2 is 1.95 bits per heavy atom. The van der Waals surface area contributed by atoms with Gasteiger partial charge in [-0.3, -0.25) is 4.90 Å². The molecular weight excluding hydrogens is 292 g/mol. The van der Waals surface area contributed by atoms with E-state index in [4.69, 9.17) is 0 Å². The lowest BCUT2D eigenvalue weighted by Crippen LogP contribution is -2.54. The monoisotopic (exact) mass is 322 g/mol. The summed E-state index contributed by atoms with van der Waals surface area (Å²) in [5, 5.41) is 3.19. The Morgan fingerprint density at radius 1 is 1.35 bits per heavy atom. The molecule has 0 aromatic heterocycles. The van der Waals surface area contributed by atoms with Gasteiger partial charge < -0.3 is 5.32 Å². The quantitative estimate of drug-likeness (QED) is 0.837. The molecule has 0 amide bonds. The van der Waals surface area contributed by atoms with Crippen LogP contribution in [0.4, 0.5) is 0 Å². The van der Waals surface area contributed by atoms with E-state index in [1.807, 2.05) is 0 Å². The molecule has 1 aliphatic rings. The Labute approximate surface area is 129 Å². The van der Waals surface area contributed by atoms with E-state index in [2.05, 4.69) is 44.8 Å². The fraction of sp³-hybridized carbons (Fsp3) is 1.00. The van der Waals surface area contributed by atoms with Crippen molar-refractivity contribution in [3.8, 4) is 0 Å². The largest absolute Gasteiger partial charge is 0.312 e. The molecule has 0 radical (unpaired) electrons. The molecule has 20 heavy (non-hydrogen) atoms. The third-order valence-corrected chi connectivity index (χ3v) is 6.58. The van der Waals surface area contributed by atoms with Crippen LogP contribution in [0.15, 0.2) is 0 Å². The molecule has 3 unspecified atom stereocenters. The summed E-state index contributed by atoms with van der Waals surface area (Å²) >= 11 is 1.74. The van der Waals surface area contributed by atoms with Crippen LogP contribution in [0.3, 0.4) is 0 Å². The molecule has 1 saturated heterocycles. The van der Waals surface area contributed by atoms with Gasteiger partial charge in [-0.05, 0) is 40.2 Å². The van der Waals surface area contributed by atoms with Crippen LogP contribution in [-0.2, 0) is 9.84 Å². The standard InChI is InChI=1S/C14H30N2O2S2/c1-11(9-15-14(3,4)5)12(2)16-7-8-19-10-13(16)20(6,17)18/h11-13,15H,7-10H2,1-6H3. The van der Waals surface area contributed by atoms with Crippen LogP contribution in [0.2, 0.25) is 0 Å². The minimum absolute atomic E-state index is 0.0992. The summed E-state index contributed by atoms with van der Waals surface area (Å²) in [7, 11) is -3.01. The van der Waals surface area contributed by atoms with Gasteiger partial charge in [-0.25, -0.2) is 8.42 Å². The molecule has 3 atom stereocenters. The third kappa shape index (κ3) is 5.54. The van der Waals surface area contributed by atoms with Gasteiger partial charge in [0.25, 0.3) is 0 Å². The molecule has 1 heterocycles. The Balaban J connectivity index is 2.70. The first-order valence-corrected chi connectivity index (χ1v) is 10.4. The molecule has 4 nitrogen and oxygen atoms in total. The molecule has 1 fully saturated rings. The summed E-state index contributed by atoms with van der Waals surface area (Å²) in [6, 6.07) is 0.269. The highest BCUT2D eigenvalue weighted by molar-refractivity contribution is 8.00. The molecule has 6 heteroatoms. The number of hydrogen-bond donors (Lipinski definition) is 1. The van der Waals surface area contributed by atoms with Crippen LogP contribution in [0, 0.1) is 5.92 Å². The van der Waals surface area contributed by atoms with Crippen molar-refractivity contribution in [2.45, 2.75) is 51.6 Å². The molecular formula is C14H30N2O2S2. The van der Waals surface area contributed by atoms with E-state index in [-0.39, 0.29) is 17.0 Å². The van der Waals surface area contributed by atoms with Crippen LogP contribution >= 0.6 is 11.8 Å². The van der Waals surface area contributed by atoms with Gasteiger partial charge in [-0.15, -0.1) is 0 Å². The van der Waals surface area contributed by atoms with E-state index in [1.165, 1.54) is 6.26 Å². The number of nitrogens with one attached hydrogen (secondary N) is 1. The molecule has 1 rings (SSSR count). The van der Waals surface area contributed by atoms with Gasteiger partial charge in [0.2, 0.25) is 0 Å². The van der Waals surface area contributed by atoms with Gasteiger partial charge >= 0.3 is 0 Å². The zero-order valence-electron chi connectivity index (χ0n) is 13.6. The van der Waals surface area contributed by atoms with Crippen LogP contribution in [0.5, 0.6) is 0 Å². The van der Waals surface area contributed by atoms with Gasteiger partial charge in [-0.1, -0.05) is 6.92 Å². The first kappa shape index (κ1) is 18.3. The van der Waals surface area contributed by atoms with Gasteiger partial charge in [-0.2, -0.15) is 11.8 Å². The number of hydrogen-bond acceptors (Lipinski definition) is 5. The Kier molecular flexibility index (Phi) is 6.38. The lowest BCUT2D eigenvalue weighted by Gasteiger charge is -2.41. The van der Waals surface area contributed by atoms with E-state index in [0.717, 1.165) is 18.8 Å². The highest BCUT2D eigenvalue weighted by Crippen LogP contribution is 2.25. The second-order valence-electron chi connectivity index (χ2n) is 6.95. The predicted octanol–water partition coefficient (Wildman–Crippen LogP) is 1.82. The van der Waals surface area contributed by atoms with Gasteiger partial charge in [0.05, 0.1) is 0 Å². The minimum Gasteiger partial charge on any atom is -0.312 e. The number of nitrogens with zero attached hydrogens (tertiary/aromatic N) is 1. The summed E-state index contributed by atoms with van der Waals surface area (Å²) in [5.74, 6) is 2.14. The zero-order valence-corrected chi connectivity index (χ0v) is 15.3. The van der Waals surface area contributed by atoms with Gasteiger partial charge in [0.1, 0.15) is 5.37 Å². The maximum atomic E-state index is 12.0. The van der Waals surface area contributed by atoms with E-state index in [9.17, 15) is 8.42 Å². The van der Waals surface area contributed by atoms with E-state index in [0.29, 0.717) is 11.7 Å². The lowest BCUT2D eigenvalue weighted by atomic mass is 10.00. The van der Waals surface area contributed by atoms with Crippen molar-refractivity contribution in [1.82, 2.24) is 10.2 Å². The normalized spacial score (nSPS) is 25.4. The summed E-state index contributed by atoms with van der Waals surface area (Å²) in [5.41, 5.74) is 0.0992. The predicted molar refractivity (Wildman–Crippen MR) is 89.0 cm³/mol. The summed E-state index contributed by atoms with van der Waals surface area (Å²) in [6.07, 6.45) is 1.36. The van der Waals surface area contributed by atoms with Gasteiger partial charge in [0, 0.05) is 35.9 Å². The average molecular weight is 323 g/mol. The lowest BCUT2D eigenvalue weighted by molar-refractivity contribution is 0.151. The maximum absolute atomic E-state index is 12.0. The van der Waals surface area contributed by atoms with E-state index >= 15 is 0 Å². The van der Waals surface area contributed by atoms with Crippen molar-refractivity contribution in [2.75, 3.05) is 30.9 Å².